The average molecular weight is 705 g/mol. The molecular formula is C46H88O4. The van der Waals surface area contributed by atoms with E-state index < -0.39 is 6.10 Å². The predicted molar refractivity (Wildman–Crippen MR) is 219 cm³/mol. The lowest BCUT2D eigenvalue weighted by Gasteiger charge is -2.16. The summed E-state index contributed by atoms with van der Waals surface area (Å²) in [4.78, 5) is 12.2. The van der Waals surface area contributed by atoms with Gasteiger partial charge in [0.1, 0.15) is 6.10 Å². The molecule has 0 saturated carbocycles. The molecule has 0 aliphatic rings. The van der Waals surface area contributed by atoms with Crippen LogP contribution in [-0.2, 0) is 14.3 Å². The molecule has 0 spiro atoms. The van der Waals surface area contributed by atoms with Crippen LogP contribution < -0.4 is 0 Å². The molecule has 0 amide bonds. The normalized spacial score (nSPS) is 12.5. The third-order valence-electron chi connectivity index (χ3n) is 10.0. The number of carbonyl (C=O) groups is 1. The van der Waals surface area contributed by atoms with Crippen molar-refractivity contribution >= 4 is 5.97 Å². The van der Waals surface area contributed by atoms with E-state index in [2.05, 4.69) is 38.2 Å². The second kappa shape index (κ2) is 44.0. The zero-order valence-electron chi connectivity index (χ0n) is 33.9. The van der Waals surface area contributed by atoms with Gasteiger partial charge in [-0.05, 0) is 44.9 Å². The van der Waals surface area contributed by atoms with Crippen molar-refractivity contribution in [3.8, 4) is 0 Å². The molecule has 0 aliphatic heterocycles. The van der Waals surface area contributed by atoms with Crippen molar-refractivity contribution in [1.29, 1.82) is 0 Å². The van der Waals surface area contributed by atoms with Crippen molar-refractivity contribution in [2.75, 3.05) is 19.8 Å². The number of carbonyl (C=O) groups excluding carboxylic acids is 1. The lowest BCUT2D eigenvalue weighted by atomic mass is 10.0. The van der Waals surface area contributed by atoms with E-state index in [-0.39, 0.29) is 12.6 Å². The zero-order chi connectivity index (χ0) is 36.3. The summed E-state index contributed by atoms with van der Waals surface area (Å²) >= 11 is 0. The molecule has 0 aromatic heterocycles. The largest absolute Gasteiger partial charge is 0.457 e. The highest BCUT2D eigenvalue weighted by Crippen LogP contribution is 2.15. The van der Waals surface area contributed by atoms with E-state index in [0.717, 1.165) is 25.7 Å². The second-order valence-corrected chi connectivity index (χ2v) is 15.1. The Kier molecular flexibility index (Phi) is 43.0. The van der Waals surface area contributed by atoms with E-state index in [1.54, 1.807) is 0 Å². The fourth-order valence-electron chi connectivity index (χ4n) is 6.65. The predicted octanol–water partition coefficient (Wildman–Crippen LogP) is 14.7. The van der Waals surface area contributed by atoms with Crippen LogP contribution in [0.3, 0.4) is 0 Å². The Morgan fingerprint density at radius 3 is 1.26 bits per heavy atom. The lowest BCUT2D eigenvalue weighted by Crippen LogP contribution is -2.27. The minimum atomic E-state index is -0.533. The van der Waals surface area contributed by atoms with Gasteiger partial charge in [0, 0.05) is 13.0 Å². The van der Waals surface area contributed by atoms with Gasteiger partial charge in [0.15, 0.2) is 0 Å². The Hall–Kier alpha value is -1.13. The van der Waals surface area contributed by atoms with Crippen LogP contribution in [0, 0.1) is 0 Å². The number of ether oxygens (including phenoxy) is 2. The first-order chi connectivity index (χ1) is 24.7. The SMILES string of the molecule is CCCCCC/C=C\C/C=C\CCCCCCCCCCOCC(CO)OC(=O)CCCCCCCCCCCCCCCCCCCCC. The minimum absolute atomic E-state index is 0.170. The van der Waals surface area contributed by atoms with Crippen LogP contribution in [0.5, 0.6) is 0 Å². The maximum atomic E-state index is 12.2. The van der Waals surface area contributed by atoms with Gasteiger partial charge in [-0.15, -0.1) is 0 Å². The topological polar surface area (TPSA) is 55.8 Å². The molecule has 0 aromatic rings. The Bertz CT molecular complexity index is 702. The van der Waals surface area contributed by atoms with Gasteiger partial charge in [0.05, 0.1) is 13.2 Å². The van der Waals surface area contributed by atoms with E-state index in [1.807, 2.05) is 0 Å². The van der Waals surface area contributed by atoms with Gasteiger partial charge < -0.3 is 14.6 Å². The summed E-state index contributed by atoms with van der Waals surface area (Å²) in [6.07, 6.45) is 53.8. The first kappa shape index (κ1) is 48.9. The van der Waals surface area contributed by atoms with Crippen molar-refractivity contribution < 1.29 is 19.4 Å². The number of allylic oxidation sites excluding steroid dienone is 4. The van der Waals surface area contributed by atoms with Crippen molar-refractivity contribution in [3.63, 3.8) is 0 Å². The van der Waals surface area contributed by atoms with E-state index in [1.165, 1.54) is 193 Å². The number of hydrogen-bond donors (Lipinski definition) is 1. The van der Waals surface area contributed by atoms with Crippen molar-refractivity contribution in [3.05, 3.63) is 24.3 Å². The molecule has 296 valence electrons. The van der Waals surface area contributed by atoms with E-state index in [4.69, 9.17) is 9.47 Å². The highest BCUT2D eigenvalue weighted by Gasteiger charge is 2.13. The number of aliphatic hydroxyl groups excluding tert-OH is 1. The number of aliphatic hydroxyl groups is 1. The number of rotatable bonds is 42. The molecular weight excluding hydrogens is 617 g/mol. The molecule has 1 N–H and O–H groups in total. The minimum Gasteiger partial charge on any atom is -0.457 e. The first-order valence-corrected chi connectivity index (χ1v) is 22.4. The summed E-state index contributed by atoms with van der Waals surface area (Å²) in [5, 5.41) is 9.61. The maximum Gasteiger partial charge on any atom is 0.306 e. The molecule has 0 bridgehead atoms. The molecule has 0 aromatic carbocycles. The Balaban J connectivity index is 3.39. The summed E-state index contributed by atoms with van der Waals surface area (Å²) in [5.41, 5.74) is 0. The zero-order valence-corrected chi connectivity index (χ0v) is 33.9. The van der Waals surface area contributed by atoms with Gasteiger partial charge in [-0.25, -0.2) is 0 Å². The van der Waals surface area contributed by atoms with Gasteiger partial charge in [-0.2, -0.15) is 0 Å². The van der Waals surface area contributed by atoms with Gasteiger partial charge >= 0.3 is 5.97 Å². The number of unbranched alkanes of at least 4 members (excludes halogenated alkanes) is 30. The number of hydrogen-bond acceptors (Lipinski definition) is 4. The van der Waals surface area contributed by atoms with E-state index >= 15 is 0 Å². The van der Waals surface area contributed by atoms with E-state index in [0.29, 0.717) is 19.6 Å². The third kappa shape index (κ3) is 41.3. The summed E-state index contributed by atoms with van der Waals surface area (Å²) in [6.45, 7) is 5.36. The summed E-state index contributed by atoms with van der Waals surface area (Å²) < 4.78 is 11.2. The fraction of sp³-hybridized carbons (Fsp3) is 0.891. The Labute approximate surface area is 313 Å². The van der Waals surface area contributed by atoms with Crippen LogP contribution >= 0.6 is 0 Å². The smallest absolute Gasteiger partial charge is 0.306 e. The highest BCUT2D eigenvalue weighted by molar-refractivity contribution is 5.69. The quantitative estimate of drug-likeness (QED) is 0.0390. The summed E-state index contributed by atoms with van der Waals surface area (Å²) in [7, 11) is 0. The summed E-state index contributed by atoms with van der Waals surface area (Å²) in [6, 6.07) is 0. The fourth-order valence-corrected chi connectivity index (χ4v) is 6.65. The van der Waals surface area contributed by atoms with Gasteiger partial charge in [0.2, 0.25) is 0 Å². The second-order valence-electron chi connectivity index (χ2n) is 15.1. The summed E-state index contributed by atoms with van der Waals surface area (Å²) in [5.74, 6) is -0.198. The third-order valence-corrected chi connectivity index (χ3v) is 10.0. The van der Waals surface area contributed by atoms with Crippen LogP contribution in [0.15, 0.2) is 24.3 Å². The molecule has 4 nitrogen and oxygen atoms in total. The molecule has 0 rings (SSSR count). The van der Waals surface area contributed by atoms with Crippen LogP contribution in [0.25, 0.3) is 0 Å². The molecule has 0 heterocycles. The molecule has 0 aliphatic carbocycles. The average Bonchev–Trinajstić information content (AvgIpc) is 3.12. The van der Waals surface area contributed by atoms with Crippen molar-refractivity contribution in [2.45, 2.75) is 245 Å². The van der Waals surface area contributed by atoms with Crippen LogP contribution in [0.4, 0.5) is 0 Å². The molecule has 0 fully saturated rings. The number of esters is 1. The molecule has 0 saturated heterocycles. The molecule has 1 atom stereocenters. The molecule has 1 unspecified atom stereocenters. The van der Waals surface area contributed by atoms with Crippen LogP contribution in [0.1, 0.15) is 239 Å². The first-order valence-electron chi connectivity index (χ1n) is 22.4. The molecule has 4 heteroatoms. The monoisotopic (exact) mass is 705 g/mol. The lowest BCUT2D eigenvalue weighted by molar-refractivity contribution is -0.154. The molecule has 0 radical (unpaired) electrons. The highest BCUT2D eigenvalue weighted by atomic mass is 16.6. The Morgan fingerprint density at radius 1 is 0.480 bits per heavy atom. The van der Waals surface area contributed by atoms with Crippen molar-refractivity contribution in [2.24, 2.45) is 0 Å². The molecule has 50 heavy (non-hydrogen) atoms. The maximum absolute atomic E-state index is 12.2. The van der Waals surface area contributed by atoms with Crippen molar-refractivity contribution in [1.82, 2.24) is 0 Å². The van der Waals surface area contributed by atoms with Gasteiger partial charge in [-0.1, -0.05) is 212 Å². The van der Waals surface area contributed by atoms with Crippen LogP contribution in [-0.4, -0.2) is 37.0 Å². The standard InChI is InChI=1S/C46H88O4/c1-3-5-7-9-11-13-15-17-19-21-23-25-27-29-31-33-35-37-39-41-46(48)50-45(43-47)44-49-42-40-38-36-34-32-30-28-26-24-22-20-18-16-14-12-10-8-6-4-2/h14,16,20,22,45,47H,3-13,15,17-19,21,23-44H2,1-2H3/b16-14-,22-20-. The van der Waals surface area contributed by atoms with E-state index in [9.17, 15) is 9.90 Å². The Morgan fingerprint density at radius 2 is 0.840 bits per heavy atom. The van der Waals surface area contributed by atoms with Gasteiger partial charge in [-0.3, -0.25) is 4.79 Å². The van der Waals surface area contributed by atoms with Gasteiger partial charge in [0.25, 0.3) is 0 Å². The van der Waals surface area contributed by atoms with Crippen LogP contribution in [0.2, 0.25) is 0 Å².